The fourth-order valence-electron chi connectivity index (χ4n) is 0. The number of halogens is 3. The van der Waals surface area contributed by atoms with Gasteiger partial charge in [0, 0.05) is 0 Å². The molecular weight excluding hydrogens is 186 g/mol. The number of hydrogen-bond donors (Lipinski definition) is 0. The quantitative estimate of drug-likeness (QED) is 0.393. The molecule has 0 amide bonds. The molecule has 0 radical (unpaired) electrons. The Morgan fingerprint density at radius 3 is 0.250 bits per heavy atom. The van der Waals surface area contributed by atoms with Gasteiger partial charge in [-0.2, -0.15) is 0 Å². The van der Waals surface area contributed by atoms with Gasteiger partial charge in [0.25, 0.3) is 0 Å². The van der Waals surface area contributed by atoms with Crippen molar-refractivity contribution in [1.29, 1.82) is 0 Å². The topological polar surface area (TPSA) is 158 Å². The Morgan fingerprint density at radius 1 is 0.250 bits per heavy atom. The van der Waals surface area contributed by atoms with Crippen LogP contribution in [0, 0.1) is 0 Å². The molecule has 0 spiro atoms. The first-order valence-corrected chi connectivity index (χ1v) is 0. The normalized spacial score (nSPS) is 0. The molecule has 0 saturated carbocycles. The van der Waals surface area contributed by atoms with E-state index in [1.807, 2.05) is 0 Å². The molecule has 0 unspecified atom stereocenters. The van der Waals surface area contributed by atoms with Gasteiger partial charge in [-0.1, -0.05) is 0 Å². The van der Waals surface area contributed by atoms with Gasteiger partial charge >= 0.3 is 0 Å². The molecule has 8 heteroatoms. The van der Waals surface area contributed by atoms with Crippen molar-refractivity contribution in [3.8, 4) is 0 Å². The van der Waals surface area contributed by atoms with E-state index in [9.17, 15) is 0 Å². The predicted octanol–water partition coefficient (Wildman–Crippen LogP) is -2.86. The van der Waals surface area contributed by atoms with Crippen molar-refractivity contribution < 1.29 is 27.4 Å². The van der Waals surface area contributed by atoms with E-state index in [1.165, 1.54) is 0 Å². The highest BCUT2D eigenvalue weighted by Crippen LogP contribution is 0.692. The van der Waals surface area contributed by atoms with Crippen LogP contribution in [-0.2, 0) is 0 Å². The predicted molar refractivity (Wildman–Crippen MR) is 39.8 cm³/mol. The van der Waals surface area contributed by atoms with Gasteiger partial charge in [0.05, 0.1) is 0 Å². The lowest BCUT2D eigenvalue weighted by Crippen LogP contribution is -0.290. The second-order valence-electron chi connectivity index (χ2n) is 0. The number of hydrogen-bond acceptors (Lipinski definition) is 0. The van der Waals surface area contributed by atoms with E-state index < -0.39 is 0 Å². The molecule has 0 saturated heterocycles. The van der Waals surface area contributed by atoms with E-state index in [0.29, 0.717) is 0 Å². The third-order valence-electron chi connectivity index (χ3n) is 0. The summed E-state index contributed by atoms with van der Waals surface area (Å²) in [5.41, 5.74) is 0. The molecule has 0 fully saturated rings. The largest absolute Gasteiger partial charge is 0.412 e. The first-order chi connectivity index (χ1) is 0. The molecule has 0 bridgehead atoms. The highest BCUT2D eigenvalue weighted by molar-refractivity contribution is 5.86. The van der Waals surface area contributed by atoms with E-state index >= 15 is 0 Å². The van der Waals surface area contributed by atoms with E-state index in [1.54, 1.807) is 0 Å². The molecule has 0 aromatic carbocycles. The van der Waals surface area contributed by atoms with Crippen LogP contribution in [0.4, 0.5) is 0 Å². The minimum Gasteiger partial charge on any atom is -0.412 e. The van der Waals surface area contributed by atoms with Gasteiger partial charge in [0.15, 0.2) is 0 Å². The Kier molecular flexibility index (Phi) is 108000. The molecule has 0 aliphatic rings. The molecule has 0 aliphatic carbocycles. The number of rotatable bonds is 0. The van der Waals surface area contributed by atoms with Crippen LogP contribution in [0.2, 0.25) is 0 Å². The van der Waals surface area contributed by atoms with E-state index in [0.717, 1.165) is 0 Å². The fraction of sp³-hybridized carbons (Fsp3) is 0. The summed E-state index contributed by atoms with van der Waals surface area (Å²) in [7, 11) is 0. The SMILES string of the molecule is Cl.Cl.Cl.O.O.O.O.O. The van der Waals surface area contributed by atoms with Crippen LogP contribution < -0.4 is 0 Å². The molecule has 5 nitrogen and oxygen atoms in total. The van der Waals surface area contributed by atoms with Crippen LogP contribution >= 0.6 is 37.2 Å². The maximum absolute atomic E-state index is 0. The zero-order chi connectivity index (χ0) is 0. The van der Waals surface area contributed by atoms with Crippen LogP contribution in [0.3, 0.4) is 0 Å². The molecule has 0 atom stereocenters. The van der Waals surface area contributed by atoms with Crippen molar-refractivity contribution in [1.82, 2.24) is 0 Å². The monoisotopic (exact) mass is 198 g/mol. The van der Waals surface area contributed by atoms with Gasteiger partial charge in [-0.05, 0) is 0 Å². The summed E-state index contributed by atoms with van der Waals surface area (Å²) in [6.45, 7) is 0. The summed E-state index contributed by atoms with van der Waals surface area (Å²) in [5, 5.41) is 0. The van der Waals surface area contributed by atoms with Crippen LogP contribution in [0.5, 0.6) is 0 Å². The summed E-state index contributed by atoms with van der Waals surface area (Å²) in [5.74, 6) is 0. The van der Waals surface area contributed by atoms with Gasteiger partial charge in [0.2, 0.25) is 0 Å². The van der Waals surface area contributed by atoms with Crippen molar-refractivity contribution >= 4 is 37.2 Å². The molecule has 10 N–H and O–H groups in total. The van der Waals surface area contributed by atoms with E-state index in [4.69, 9.17) is 0 Å². The van der Waals surface area contributed by atoms with E-state index in [2.05, 4.69) is 0 Å². The van der Waals surface area contributed by atoms with Gasteiger partial charge < -0.3 is 27.4 Å². The minimum atomic E-state index is 0. The highest BCUT2D eigenvalue weighted by Gasteiger charge is -0.145. The smallest absolute Gasteiger partial charge is 0.147 e. The first kappa shape index (κ1) is 1140. The third kappa shape index (κ3) is 478. The van der Waals surface area contributed by atoms with Crippen molar-refractivity contribution in [2.24, 2.45) is 0 Å². The maximum Gasteiger partial charge on any atom is -0.147 e. The lowest BCUT2D eigenvalue weighted by atomic mass is 16.0. The van der Waals surface area contributed by atoms with Crippen molar-refractivity contribution in [3.63, 3.8) is 0 Å². The summed E-state index contributed by atoms with van der Waals surface area (Å²) < 4.78 is 0. The average molecular weight is 199 g/mol. The lowest BCUT2D eigenvalue weighted by Gasteiger charge is -0.413. The molecule has 64 valence electrons. The Balaban J connectivity index is 0. The Bertz CT molecular complexity index is 7.64. The molecule has 0 aromatic rings. The lowest BCUT2D eigenvalue weighted by molar-refractivity contribution is 0.823. The summed E-state index contributed by atoms with van der Waals surface area (Å²) in [6.07, 6.45) is 0. The highest BCUT2D eigenvalue weighted by atomic mass is 35.5. The molecule has 0 rings (SSSR count). The second kappa shape index (κ2) is 760. The van der Waals surface area contributed by atoms with Gasteiger partial charge in [0.1, 0.15) is 0 Å². The maximum atomic E-state index is 0. The second-order valence-corrected chi connectivity index (χ2v) is 0. The zero-order valence-electron chi connectivity index (χ0n) is 3.72. The van der Waals surface area contributed by atoms with Crippen LogP contribution in [-0.4, -0.2) is 27.4 Å². The van der Waals surface area contributed by atoms with Crippen molar-refractivity contribution in [3.05, 3.63) is 0 Å². The Labute approximate surface area is 65.2 Å². The van der Waals surface area contributed by atoms with Crippen molar-refractivity contribution in [2.75, 3.05) is 0 Å². The Morgan fingerprint density at radius 2 is 0.250 bits per heavy atom. The van der Waals surface area contributed by atoms with Gasteiger partial charge in [-0.3, -0.25) is 0 Å². The van der Waals surface area contributed by atoms with Crippen LogP contribution in [0.15, 0.2) is 0 Å². The fourth-order valence-corrected chi connectivity index (χ4v) is 0. The molecule has 8 heavy (non-hydrogen) atoms. The average Bonchev–Trinajstić information content (AvgIpc) is 0. The standard InChI is InChI=1S/3ClH.5H2O/h3*1H;5*1H2. The summed E-state index contributed by atoms with van der Waals surface area (Å²) >= 11 is 0. The first-order valence-electron chi connectivity index (χ1n) is 0. The molecule has 0 heterocycles. The molecular formula is H13Cl3O5. The third-order valence-corrected chi connectivity index (χ3v) is 0. The summed E-state index contributed by atoms with van der Waals surface area (Å²) in [6, 6.07) is 0. The van der Waals surface area contributed by atoms with E-state index in [-0.39, 0.29) is 64.6 Å². The van der Waals surface area contributed by atoms with Crippen LogP contribution in [0.25, 0.3) is 0 Å². The zero-order valence-corrected chi connectivity index (χ0v) is 6.17. The van der Waals surface area contributed by atoms with Gasteiger partial charge in [-0.15, -0.1) is 37.2 Å². The van der Waals surface area contributed by atoms with Gasteiger partial charge in [-0.25, -0.2) is 0 Å². The molecule has 0 aromatic heterocycles. The Hall–Kier alpha value is 0.670. The minimum absolute atomic E-state index is 0. The molecule has 0 aliphatic heterocycles. The van der Waals surface area contributed by atoms with Crippen molar-refractivity contribution in [2.45, 2.75) is 0 Å². The summed E-state index contributed by atoms with van der Waals surface area (Å²) in [4.78, 5) is 0. The van der Waals surface area contributed by atoms with Crippen LogP contribution in [0.1, 0.15) is 0 Å².